The maximum absolute atomic E-state index is 13.0. The van der Waals surface area contributed by atoms with Gasteiger partial charge in [0.15, 0.2) is 6.61 Å². The first kappa shape index (κ1) is 18.3. The Balaban J connectivity index is 1.65. The van der Waals surface area contributed by atoms with Gasteiger partial charge in [-0.25, -0.2) is 4.39 Å². The van der Waals surface area contributed by atoms with Crippen LogP contribution in [-0.4, -0.2) is 25.5 Å². The summed E-state index contributed by atoms with van der Waals surface area (Å²) < 4.78 is 23.1. The number of carbonyl (C=O) groups excluding carboxylic acids is 2. The molecule has 0 fully saturated rings. The van der Waals surface area contributed by atoms with Crippen molar-refractivity contribution in [3.05, 3.63) is 59.9 Å². The van der Waals surface area contributed by atoms with E-state index in [2.05, 4.69) is 10.9 Å². The Kier molecular flexibility index (Phi) is 6.76. The van der Waals surface area contributed by atoms with Crippen LogP contribution in [0.3, 0.4) is 0 Å². The Morgan fingerprint density at radius 2 is 1.72 bits per heavy atom. The normalized spacial score (nSPS) is 10.0. The third-order valence-corrected chi connectivity index (χ3v) is 3.31. The van der Waals surface area contributed by atoms with Gasteiger partial charge in [0.25, 0.3) is 5.91 Å². The Hall–Kier alpha value is -3.09. The number of hydrazine groups is 1. The van der Waals surface area contributed by atoms with Gasteiger partial charge in [-0.2, -0.15) is 0 Å². The second kappa shape index (κ2) is 9.27. The summed E-state index contributed by atoms with van der Waals surface area (Å²) in [5.74, 6) is -0.332. The van der Waals surface area contributed by atoms with E-state index in [0.29, 0.717) is 6.42 Å². The molecule has 25 heavy (non-hydrogen) atoms. The lowest BCUT2D eigenvalue weighted by atomic mass is 10.1. The average molecular weight is 346 g/mol. The third-order valence-electron chi connectivity index (χ3n) is 3.31. The highest BCUT2D eigenvalue weighted by Crippen LogP contribution is 2.12. The zero-order valence-corrected chi connectivity index (χ0v) is 13.8. The molecule has 0 unspecified atom stereocenters. The largest absolute Gasteiger partial charge is 0.497 e. The molecule has 0 heterocycles. The van der Waals surface area contributed by atoms with Crippen LogP contribution in [0.25, 0.3) is 0 Å². The fourth-order valence-corrected chi connectivity index (χ4v) is 1.99. The molecule has 2 N–H and O–H groups in total. The van der Waals surface area contributed by atoms with Crippen LogP contribution in [0.1, 0.15) is 12.0 Å². The van der Waals surface area contributed by atoms with E-state index in [9.17, 15) is 14.0 Å². The third kappa shape index (κ3) is 6.50. The minimum Gasteiger partial charge on any atom is -0.497 e. The number of carbonyl (C=O) groups is 2. The average Bonchev–Trinajstić information content (AvgIpc) is 2.63. The molecular formula is C18H19FN2O4. The molecule has 2 aromatic rings. The summed E-state index contributed by atoms with van der Waals surface area (Å²) in [6, 6.07) is 12.8. The molecule has 0 saturated heterocycles. The minimum absolute atomic E-state index is 0.220. The van der Waals surface area contributed by atoms with Crippen molar-refractivity contribution in [3.63, 3.8) is 0 Å². The number of nitrogens with one attached hydrogen (secondary N) is 2. The van der Waals surface area contributed by atoms with Crippen molar-refractivity contribution in [2.75, 3.05) is 13.7 Å². The molecule has 0 bridgehead atoms. The van der Waals surface area contributed by atoms with Gasteiger partial charge in [-0.05, 0) is 36.2 Å². The summed E-state index contributed by atoms with van der Waals surface area (Å²) >= 11 is 0. The van der Waals surface area contributed by atoms with Gasteiger partial charge < -0.3 is 9.47 Å². The molecule has 2 aromatic carbocycles. The van der Waals surface area contributed by atoms with Gasteiger partial charge in [0, 0.05) is 12.5 Å². The monoisotopic (exact) mass is 346 g/mol. The van der Waals surface area contributed by atoms with Gasteiger partial charge in [-0.3, -0.25) is 20.4 Å². The number of hydrogen-bond donors (Lipinski definition) is 2. The number of aryl methyl sites for hydroxylation is 1. The molecule has 2 rings (SSSR count). The highest BCUT2D eigenvalue weighted by atomic mass is 19.1. The zero-order valence-electron chi connectivity index (χ0n) is 13.8. The fraction of sp³-hybridized carbons (Fsp3) is 0.222. The maximum Gasteiger partial charge on any atom is 0.276 e. The van der Waals surface area contributed by atoms with Crippen LogP contribution in [0.15, 0.2) is 48.5 Å². The Morgan fingerprint density at radius 3 is 2.40 bits per heavy atom. The lowest BCUT2D eigenvalue weighted by molar-refractivity contribution is -0.130. The highest BCUT2D eigenvalue weighted by molar-refractivity contribution is 5.82. The summed E-state index contributed by atoms with van der Waals surface area (Å²) in [4.78, 5) is 23.3. The SMILES string of the molecule is COc1ccc(CCC(=O)NNC(=O)COc2cccc(F)c2)cc1. The molecule has 7 heteroatoms. The van der Waals surface area contributed by atoms with Gasteiger partial charge in [-0.1, -0.05) is 18.2 Å². The van der Waals surface area contributed by atoms with Crippen molar-refractivity contribution in [1.29, 1.82) is 0 Å². The van der Waals surface area contributed by atoms with Crippen LogP contribution >= 0.6 is 0 Å². The van der Waals surface area contributed by atoms with Gasteiger partial charge in [0.1, 0.15) is 17.3 Å². The molecule has 132 valence electrons. The lowest BCUT2D eigenvalue weighted by Gasteiger charge is -2.09. The Labute approximate surface area is 144 Å². The van der Waals surface area contributed by atoms with E-state index in [1.807, 2.05) is 24.3 Å². The predicted molar refractivity (Wildman–Crippen MR) is 89.5 cm³/mol. The van der Waals surface area contributed by atoms with E-state index < -0.39 is 11.7 Å². The molecule has 0 radical (unpaired) electrons. The number of amides is 2. The first-order valence-corrected chi connectivity index (χ1v) is 7.66. The van der Waals surface area contributed by atoms with Crippen LogP contribution in [-0.2, 0) is 16.0 Å². The molecule has 2 amide bonds. The van der Waals surface area contributed by atoms with E-state index in [1.54, 1.807) is 7.11 Å². The first-order valence-electron chi connectivity index (χ1n) is 7.66. The zero-order chi connectivity index (χ0) is 18.1. The van der Waals surface area contributed by atoms with E-state index >= 15 is 0 Å². The maximum atomic E-state index is 13.0. The molecular weight excluding hydrogens is 327 g/mol. The van der Waals surface area contributed by atoms with Crippen LogP contribution < -0.4 is 20.3 Å². The summed E-state index contributed by atoms with van der Waals surface area (Å²) in [5, 5.41) is 0. The van der Waals surface area contributed by atoms with Gasteiger partial charge in [-0.15, -0.1) is 0 Å². The summed E-state index contributed by atoms with van der Waals surface area (Å²) in [7, 11) is 1.59. The number of hydrogen-bond acceptors (Lipinski definition) is 4. The predicted octanol–water partition coefficient (Wildman–Crippen LogP) is 1.99. The molecule has 0 atom stereocenters. The smallest absolute Gasteiger partial charge is 0.276 e. The van der Waals surface area contributed by atoms with Crippen LogP contribution in [0.4, 0.5) is 4.39 Å². The highest BCUT2D eigenvalue weighted by Gasteiger charge is 2.06. The summed E-state index contributed by atoms with van der Waals surface area (Å²) in [6.07, 6.45) is 0.753. The van der Waals surface area contributed by atoms with Crippen LogP contribution in [0, 0.1) is 5.82 Å². The second-order valence-corrected chi connectivity index (χ2v) is 5.19. The van der Waals surface area contributed by atoms with Crippen molar-refractivity contribution in [2.24, 2.45) is 0 Å². The quantitative estimate of drug-likeness (QED) is 0.752. The number of methoxy groups -OCH3 is 1. The summed E-state index contributed by atoms with van der Waals surface area (Å²) in [5.41, 5.74) is 5.53. The number of benzene rings is 2. The van der Waals surface area contributed by atoms with E-state index in [1.165, 1.54) is 24.3 Å². The van der Waals surface area contributed by atoms with Crippen LogP contribution in [0.2, 0.25) is 0 Å². The van der Waals surface area contributed by atoms with Crippen LogP contribution in [0.5, 0.6) is 11.5 Å². The minimum atomic E-state index is -0.540. The van der Waals surface area contributed by atoms with Gasteiger partial charge in [0.05, 0.1) is 7.11 Å². The standard InChI is InChI=1S/C18H19FN2O4/c1-24-15-8-5-13(6-9-15)7-10-17(22)20-21-18(23)12-25-16-4-2-3-14(19)11-16/h2-6,8-9,11H,7,10,12H2,1H3,(H,20,22)(H,21,23). The number of ether oxygens (including phenoxy) is 2. The second-order valence-electron chi connectivity index (χ2n) is 5.19. The molecule has 0 aliphatic rings. The molecule has 6 nitrogen and oxygen atoms in total. The number of halogens is 1. The fourth-order valence-electron chi connectivity index (χ4n) is 1.99. The van der Waals surface area contributed by atoms with Crippen molar-refractivity contribution in [3.8, 4) is 11.5 Å². The summed E-state index contributed by atoms with van der Waals surface area (Å²) in [6.45, 7) is -0.331. The van der Waals surface area contributed by atoms with Crippen molar-refractivity contribution < 1.29 is 23.5 Å². The Bertz CT molecular complexity index is 719. The molecule has 0 aromatic heterocycles. The van der Waals surface area contributed by atoms with Gasteiger partial charge >= 0.3 is 0 Å². The van der Waals surface area contributed by atoms with Crippen molar-refractivity contribution in [1.82, 2.24) is 10.9 Å². The topological polar surface area (TPSA) is 76.7 Å². The van der Waals surface area contributed by atoms with E-state index in [0.717, 1.165) is 11.3 Å². The lowest BCUT2D eigenvalue weighted by Crippen LogP contribution is -2.43. The first-order chi connectivity index (χ1) is 12.1. The van der Waals surface area contributed by atoms with E-state index in [4.69, 9.17) is 9.47 Å². The van der Waals surface area contributed by atoms with Gasteiger partial charge in [0.2, 0.25) is 5.91 Å². The Morgan fingerprint density at radius 1 is 1.00 bits per heavy atom. The number of rotatable bonds is 7. The van der Waals surface area contributed by atoms with Crippen molar-refractivity contribution >= 4 is 11.8 Å². The molecule has 0 aliphatic carbocycles. The van der Waals surface area contributed by atoms with E-state index in [-0.39, 0.29) is 24.7 Å². The van der Waals surface area contributed by atoms with Crippen molar-refractivity contribution in [2.45, 2.75) is 12.8 Å². The molecule has 0 aliphatic heterocycles. The molecule has 0 spiro atoms. The molecule has 0 saturated carbocycles.